The summed E-state index contributed by atoms with van der Waals surface area (Å²) >= 11 is 0. The molecule has 1 aliphatic heterocycles. The average Bonchev–Trinajstić information content (AvgIpc) is 3.20. The van der Waals surface area contributed by atoms with Gasteiger partial charge in [-0.15, -0.1) is 0 Å². The molecule has 0 bridgehead atoms. The van der Waals surface area contributed by atoms with Gasteiger partial charge in [0.25, 0.3) is 11.8 Å². The van der Waals surface area contributed by atoms with Crippen LogP contribution in [0.5, 0.6) is 0 Å². The zero-order chi connectivity index (χ0) is 21.8. The molecule has 0 radical (unpaired) electrons. The van der Waals surface area contributed by atoms with Gasteiger partial charge in [-0.1, -0.05) is 12.1 Å². The molecule has 2 heterocycles. The number of imide groups is 1. The van der Waals surface area contributed by atoms with Crippen molar-refractivity contribution in [1.29, 1.82) is 5.26 Å². The van der Waals surface area contributed by atoms with Crippen molar-refractivity contribution in [2.24, 2.45) is 0 Å². The number of carbonyl (C=O) groups is 3. The zero-order valence-electron chi connectivity index (χ0n) is 16.1. The first-order valence-corrected chi connectivity index (χ1v) is 9.11. The number of carbonyl (C=O) groups excluding carboxylic acids is 2. The van der Waals surface area contributed by atoms with Crippen molar-refractivity contribution in [1.82, 2.24) is 4.90 Å². The summed E-state index contributed by atoms with van der Waals surface area (Å²) in [5.74, 6) is -1.46. The standard InChI is InChI=1S/C22H18N2O6/c1-13-17(20(26)24(9-2-10-25)21(27)18(13)12-23)11-16-7-8-19(30-16)14-3-5-15(6-4-14)22(28)29/h3-8,11,25H,2,9-10H2,1H3,(H,28,29)/b17-11+. The molecule has 1 aromatic carbocycles. The number of nitriles is 1. The van der Waals surface area contributed by atoms with Gasteiger partial charge in [-0.2, -0.15) is 5.26 Å². The first kappa shape index (κ1) is 20.8. The summed E-state index contributed by atoms with van der Waals surface area (Å²) in [5.41, 5.74) is 1.10. The Kier molecular flexibility index (Phi) is 5.95. The quantitative estimate of drug-likeness (QED) is 0.557. The largest absolute Gasteiger partial charge is 0.478 e. The van der Waals surface area contributed by atoms with Crippen LogP contribution in [0, 0.1) is 11.3 Å². The minimum absolute atomic E-state index is 0.00327. The molecule has 0 saturated carbocycles. The van der Waals surface area contributed by atoms with Gasteiger partial charge >= 0.3 is 5.97 Å². The predicted molar refractivity (Wildman–Crippen MR) is 106 cm³/mol. The molecule has 2 aromatic rings. The number of hydrogen-bond acceptors (Lipinski definition) is 6. The Morgan fingerprint density at radius 3 is 2.47 bits per heavy atom. The highest BCUT2D eigenvalue weighted by Gasteiger charge is 2.35. The van der Waals surface area contributed by atoms with E-state index in [0.29, 0.717) is 17.1 Å². The first-order chi connectivity index (χ1) is 14.4. The van der Waals surface area contributed by atoms with Gasteiger partial charge < -0.3 is 14.6 Å². The van der Waals surface area contributed by atoms with Crippen LogP contribution in [0.2, 0.25) is 0 Å². The van der Waals surface area contributed by atoms with Gasteiger partial charge in [0.1, 0.15) is 23.2 Å². The molecule has 30 heavy (non-hydrogen) atoms. The molecule has 0 aliphatic carbocycles. The second kappa shape index (κ2) is 8.59. The number of benzene rings is 1. The van der Waals surface area contributed by atoms with Gasteiger partial charge in [0.2, 0.25) is 0 Å². The molecular formula is C22H18N2O6. The molecule has 2 N–H and O–H groups in total. The lowest BCUT2D eigenvalue weighted by atomic mass is 9.94. The van der Waals surface area contributed by atoms with E-state index in [1.807, 2.05) is 6.07 Å². The molecule has 0 saturated heterocycles. The fourth-order valence-corrected chi connectivity index (χ4v) is 3.07. The molecule has 8 heteroatoms. The SMILES string of the molecule is CC1=C(C#N)C(=O)N(CCCO)C(=O)/C1=C/c1ccc(-c2ccc(C(=O)O)cc2)o1. The normalized spacial score (nSPS) is 15.6. The smallest absolute Gasteiger partial charge is 0.335 e. The van der Waals surface area contributed by atoms with E-state index in [1.165, 1.54) is 25.1 Å². The summed E-state index contributed by atoms with van der Waals surface area (Å²) in [6.07, 6.45) is 1.67. The van der Waals surface area contributed by atoms with Gasteiger partial charge in [-0.3, -0.25) is 14.5 Å². The molecule has 0 unspecified atom stereocenters. The van der Waals surface area contributed by atoms with E-state index in [4.69, 9.17) is 14.6 Å². The molecule has 0 fully saturated rings. The van der Waals surface area contributed by atoms with Crippen molar-refractivity contribution in [3.05, 3.63) is 64.4 Å². The van der Waals surface area contributed by atoms with E-state index in [-0.39, 0.29) is 41.9 Å². The summed E-state index contributed by atoms with van der Waals surface area (Å²) in [6, 6.07) is 11.3. The maximum Gasteiger partial charge on any atom is 0.335 e. The van der Waals surface area contributed by atoms with Crippen molar-refractivity contribution in [2.45, 2.75) is 13.3 Å². The van der Waals surface area contributed by atoms with E-state index in [0.717, 1.165) is 4.90 Å². The van der Waals surface area contributed by atoms with Gasteiger partial charge in [0.15, 0.2) is 0 Å². The Morgan fingerprint density at radius 2 is 1.87 bits per heavy atom. The molecule has 8 nitrogen and oxygen atoms in total. The number of carboxylic acid groups (broad SMARTS) is 1. The van der Waals surface area contributed by atoms with E-state index >= 15 is 0 Å². The summed E-state index contributed by atoms with van der Waals surface area (Å²) in [6.45, 7) is 1.34. The van der Waals surface area contributed by atoms with E-state index < -0.39 is 17.8 Å². The number of aromatic carboxylic acids is 1. The van der Waals surface area contributed by atoms with Crippen LogP contribution in [-0.4, -0.2) is 46.0 Å². The van der Waals surface area contributed by atoms with E-state index in [2.05, 4.69) is 0 Å². The molecule has 0 spiro atoms. The fourth-order valence-electron chi connectivity index (χ4n) is 3.07. The molecule has 0 atom stereocenters. The number of rotatable bonds is 6. The van der Waals surface area contributed by atoms with Crippen LogP contribution in [0.15, 0.2) is 57.5 Å². The minimum Gasteiger partial charge on any atom is -0.478 e. The topological polar surface area (TPSA) is 132 Å². The van der Waals surface area contributed by atoms with Crippen molar-refractivity contribution in [3.63, 3.8) is 0 Å². The zero-order valence-corrected chi connectivity index (χ0v) is 16.1. The highest BCUT2D eigenvalue weighted by atomic mass is 16.4. The van der Waals surface area contributed by atoms with Gasteiger partial charge in [0.05, 0.1) is 5.56 Å². The van der Waals surface area contributed by atoms with Gasteiger partial charge in [-0.25, -0.2) is 4.79 Å². The summed E-state index contributed by atoms with van der Waals surface area (Å²) in [7, 11) is 0. The Hall–Kier alpha value is -3.96. The number of nitrogens with zero attached hydrogens (tertiary/aromatic N) is 2. The third kappa shape index (κ3) is 3.92. The van der Waals surface area contributed by atoms with Crippen LogP contribution in [0.25, 0.3) is 17.4 Å². The molecule has 152 valence electrons. The van der Waals surface area contributed by atoms with Crippen LogP contribution in [0.1, 0.15) is 29.5 Å². The molecule has 3 rings (SSSR count). The lowest BCUT2D eigenvalue weighted by Crippen LogP contribution is -2.43. The van der Waals surface area contributed by atoms with Crippen LogP contribution in [0.4, 0.5) is 0 Å². The number of hydrogen-bond donors (Lipinski definition) is 2. The summed E-state index contributed by atoms with van der Waals surface area (Å²) < 4.78 is 5.76. The van der Waals surface area contributed by atoms with E-state index in [9.17, 15) is 19.6 Å². The van der Waals surface area contributed by atoms with Crippen molar-refractivity contribution >= 4 is 23.9 Å². The number of furan rings is 1. The minimum atomic E-state index is -1.03. The van der Waals surface area contributed by atoms with Crippen LogP contribution >= 0.6 is 0 Å². The summed E-state index contributed by atoms with van der Waals surface area (Å²) in [4.78, 5) is 37.1. The first-order valence-electron chi connectivity index (χ1n) is 9.11. The second-order valence-electron chi connectivity index (χ2n) is 6.59. The van der Waals surface area contributed by atoms with Crippen LogP contribution < -0.4 is 0 Å². The molecular weight excluding hydrogens is 388 g/mol. The second-order valence-corrected chi connectivity index (χ2v) is 6.59. The van der Waals surface area contributed by atoms with Crippen molar-refractivity contribution < 1.29 is 29.0 Å². The van der Waals surface area contributed by atoms with Crippen LogP contribution in [-0.2, 0) is 9.59 Å². The fraction of sp³-hybridized carbons (Fsp3) is 0.182. The van der Waals surface area contributed by atoms with Crippen LogP contribution in [0.3, 0.4) is 0 Å². The average molecular weight is 406 g/mol. The van der Waals surface area contributed by atoms with Crippen molar-refractivity contribution in [3.8, 4) is 17.4 Å². The third-order valence-corrected chi connectivity index (χ3v) is 4.69. The Labute approximate surface area is 172 Å². The molecule has 2 amide bonds. The Morgan fingerprint density at radius 1 is 1.17 bits per heavy atom. The Bertz CT molecular complexity index is 1120. The summed E-state index contributed by atoms with van der Waals surface area (Å²) in [5, 5.41) is 27.4. The third-order valence-electron chi connectivity index (χ3n) is 4.69. The maximum absolute atomic E-state index is 12.8. The number of aliphatic hydroxyl groups is 1. The van der Waals surface area contributed by atoms with Gasteiger partial charge in [0, 0.05) is 24.3 Å². The van der Waals surface area contributed by atoms with E-state index in [1.54, 1.807) is 24.3 Å². The number of amides is 2. The highest BCUT2D eigenvalue weighted by molar-refractivity contribution is 6.19. The maximum atomic E-state index is 12.8. The number of carboxylic acids is 1. The monoisotopic (exact) mass is 406 g/mol. The predicted octanol–water partition coefficient (Wildman–Crippen LogP) is 2.62. The lowest BCUT2D eigenvalue weighted by Gasteiger charge is -2.27. The lowest BCUT2D eigenvalue weighted by molar-refractivity contribution is -0.140. The Balaban J connectivity index is 1.96. The van der Waals surface area contributed by atoms with Crippen molar-refractivity contribution in [2.75, 3.05) is 13.2 Å². The van der Waals surface area contributed by atoms with Gasteiger partial charge in [-0.05, 0) is 49.3 Å². The highest BCUT2D eigenvalue weighted by Crippen LogP contribution is 2.29. The molecule has 1 aromatic heterocycles. The number of aliphatic hydroxyl groups excluding tert-OH is 1. The molecule has 1 aliphatic rings.